The maximum atomic E-state index is 12.1. The molecule has 2 unspecified atom stereocenters. The summed E-state index contributed by atoms with van der Waals surface area (Å²) in [5.41, 5.74) is 1.08. The van der Waals surface area contributed by atoms with Crippen molar-refractivity contribution in [1.29, 1.82) is 0 Å². The van der Waals surface area contributed by atoms with Gasteiger partial charge in [0, 0.05) is 23.3 Å². The molecule has 0 heterocycles. The number of hydrogen-bond donors (Lipinski definition) is 0. The van der Waals surface area contributed by atoms with E-state index < -0.39 is 51.7 Å². The minimum Gasteiger partial charge on any atom is -0.462 e. The molecule has 0 saturated carbocycles. The minimum absolute atomic E-state index is 0.243. The topological polar surface area (TPSA) is 107 Å². The van der Waals surface area contributed by atoms with Crippen LogP contribution in [0.2, 0.25) is 50.9 Å². The second kappa shape index (κ2) is 20.2. The highest BCUT2D eigenvalue weighted by atomic mass is 28.5. The average Bonchev–Trinajstić information content (AvgIpc) is 3.06. The Morgan fingerprint density at radius 1 is 0.510 bits per heavy atom. The molecule has 0 aliphatic rings. The molecule has 0 fully saturated rings. The van der Waals surface area contributed by atoms with Crippen molar-refractivity contribution in [3.63, 3.8) is 0 Å². The first-order valence-corrected chi connectivity index (χ1v) is 28.1. The lowest BCUT2D eigenvalue weighted by molar-refractivity contribution is -0.139. The molecule has 9 nitrogen and oxygen atoms in total. The van der Waals surface area contributed by atoms with E-state index in [0.717, 1.165) is 10.4 Å². The summed E-state index contributed by atoms with van der Waals surface area (Å²) < 4.78 is 38.4. The summed E-state index contributed by atoms with van der Waals surface area (Å²) >= 11 is 0. The summed E-state index contributed by atoms with van der Waals surface area (Å²) in [6.07, 6.45) is 1.82. The highest BCUT2D eigenvalue weighted by molar-refractivity contribution is 6.97. The normalized spacial score (nSPS) is 15.0. The third-order valence-electron chi connectivity index (χ3n) is 8.32. The molecular weight excluding hydrogens is 713 g/mol. The molecule has 0 amide bonds. The molecular formula is C38H58O9Si4. The zero-order valence-corrected chi connectivity index (χ0v) is 35.9. The van der Waals surface area contributed by atoms with Gasteiger partial charge >= 0.3 is 26.7 Å². The summed E-state index contributed by atoms with van der Waals surface area (Å²) in [6.45, 7) is 27.3. The van der Waals surface area contributed by atoms with E-state index in [9.17, 15) is 14.4 Å². The minimum atomic E-state index is -3.50. The van der Waals surface area contributed by atoms with E-state index in [1.54, 1.807) is 20.8 Å². The summed E-state index contributed by atoms with van der Waals surface area (Å²) in [4.78, 5) is 36.3. The third kappa shape index (κ3) is 15.1. The summed E-state index contributed by atoms with van der Waals surface area (Å²) in [6, 6.07) is 22.4. The molecule has 13 heteroatoms. The monoisotopic (exact) mass is 770 g/mol. The number of ether oxygens (including phenoxy) is 3. The standard InChI is InChI=1S/C38H58O9Si4/c1-31(2)36(39)42-25-18-28-48(7,8)45-51(11,46-49(9,34-21-14-12-15-22-34)29-19-26-43-37(40)32(3)4)47-50(10,35-23-16-13-17-24-35)30-20-27-44-38(41)33(5)6/h12-17,21-24H,1,3,5,18-20,25-30H2,2,4,6-11H3. The van der Waals surface area contributed by atoms with Crippen LogP contribution in [0, 0.1) is 0 Å². The van der Waals surface area contributed by atoms with E-state index in [1.807, 2.05) is 42.9 Å². The molecule has 0 saturated heterocycles. The van der Waals surface area contributed by atoms with Crippen molar-refractivity contribution in [3.05, 3.63) is 97.1 Å². The SMILES string of the molecule is C=C(C)C(=O)OCCC[Si](C)(C)O[Si](C)(O[Si](C)(CCCOC(=O)C(=C)C)c1ccccc1)O[Si](C)(CCCOC(=O)C(=C)C)c1ccccc1. The van der Waals surface area contributed by atoms with E-state index >= 15 is 0 Å². The fourth-order valence-corrected chi connectivity index (χ4v) is 25.1. The van der Waals surface area contributed by atoms with Crippen LogP contribution in [0.15, 0.2) is 97.1 Å². The molecule has 0 N–H and O–H groups in total. The van der Waals surface area contributed by atoms with Gasteiger partial charge in [-0.1, -0.05) is 80.4 Å². The van der Waals surface area contributed by atoms with Gasteiger partial charge in [0.1, 0.15) is 0 Å². The van der Waals surface area contributed by atoms with Crippen LogP contribution in [0.4, 0.5) is 0 Å². The first-order chi connectivity index (χ1) is 23.8. The van der Waals surface area contributed by atoms with Gasteiger partial charge in [0.15, 0.2) is 8.32 Å². The highest BCUT2D eigenvalue weighted by Crippen LogP contribution is 2.31. The van der Waals surface area contributed by atoms with Crippen molar-refractivity contribution >= 4 is 62.0 Å². The fourth-order valence-electron chi connectivity index (χ4n) is 5.70. The van der Waals surface area contributed by atoms with Crippen LogP contribution in [0.5, 0.6) is 0 Å². The number of benzene rings is 2. The van der Waals surface area contributed by atoms with Gasteiger partial charge in [0.25, 0.3) is 0 Å². The van der Waals surface area contributed by atoms with Crippen LogP contribution in [0.1, 0.15) is 40.0 Å². The molecule has 0 spiro atoms. The molecule has 0 aliphatic heterocycles. The number of carbonyl (C=O) groups excluding carboxylic acids is 3. The van der Waals surface area contributed by atoms with Gasteiger partial charge in [-0.3, -0.25) is 0 Å². The van der Waals surface area contributed by atoms with Gasteiger partial charge < -0.3 is 26.6 Å². The third-order valence-corrected chi connectivity index (χ3v) is 25.9. The summed E-state index contributed by atoms with van der Waals surface area (Å²) in [5.74, 6) is -1.23. The van der Waals surface area contributed by atoms with Gasteiger partial charge in [-0.2, -0.15) is 0 Å². The van der Waals surface area contributed by atoms with Crippen LogP contribution in [0.3, 0.4) is 0 Å². The van der Waals surface area contributed by atoms with Crippen molar-refractivity contribution in [2.24, 2.45) is 0 Å². The van der Waals surface area contributed by atoms with E-state index in [4.69, 9.17) is 26.6 Å². The second-order valence-electron chi connectivity index (χ2n) is 14.2. The number of rotatable bonds is 23. The first-order valence-electron chi connectivity index (χ1n) is 17.5. The van der Waals surface area contributed by atoms with Gasteiger partial charge in [0.05, 0.1) is 19.8 Å². The molecule has 0 aliphatic carbocycles. The molecule has 0 aromatic heterocycles. The number of hydrogen-bond acceptors (Lipinski definition) is 9. The van der Waals surface area contributed by atoms with E-state index in [0.29, 0.717) is 54.1 Å². The maximum Gasteiger partial charge on any atom is 0.466 e. The van der Waals surface area contributed by atoms with Crippen LogP contribution < -0.4 is 10.4 Å². The second-order valence-corrected chi connectivity index (χ2v) is 29.5. The Balaban J connectivity index is 2.51. The Kier molecular flexibility index (Phi) is 17.4. The largest absolute Gasteiger partial charge is 0.466 e. The van der Waals surface area contributed by atoms with E-state index in [1.165, 1.54) is 0 Å². The first kappa shape index (κ1) is 44.0. The van der Waals surface area contributed by atoms with E-state index in [-0.39, 0.29) is 19.8 Å². The van der Waals surface area contributed by atoms with Crippen LogP contribution >= 0.6 is 0 Å². The zero-order chi connectivity index (χ0) is 38.3. The van der Waals surface area contributed by atoms with Gasteiger partial charge in [-0.25, -0.2) is 14.4 Å². The molecule has 2 aromatic rings. The van der Waals surface area contributed by atoms with Crippen LogP contribution in [-0.4, -0.2) is 71.5 Å². The van der Waals surface area contributed by atoms with Crippen molar-refractivity contribution in [2.45, 2.75) is 90.9 Å². The molecule has 2 aromatic carbocycles. The Hall–Kier alpha value is -3.18. The zero-order valence-electron chi connectivity index (χ0n) is 31.9. The van der Waals surface area contributed by atoms with Crippen LogP contribution in [-0.2, 0) is 40.9 Å². The smallest absolute Gasteiger partial charge is 0.462 e. The summed E-state index contributed by atoms with van der Waals surface area (Å²) in [7, 11) is -11.6. The summed E-state index contributed by atoms with van der Waals surface area (Å²) in [5, 5.41) is 2.17. The quantitative estimate of drug-likeness (QED) is 0.0379. The lowest BCUT2D eigenvalue weighted by Crippen LogP contribution is -2.66. The van der Waals surface area contributed by atoms with Crippen LogP contribution in [0.25, 0.3) is 0 Å². The van der Waals surface area contributed by atoms with Gasteiger partial charge in [-0.15, -0.1) is 0 Å². The number of carbonyl (C=O) groups is 3. The lowest BCUT2D eigenvalue weighted by Gasteiger charge is -2.45. The average molecular weight is 771 g/mol. The Labute approximate surface area is 309 Å². The predicted molar refractivity (Wildman–Crippen MR) is 213 cm³/mol. The molecule has 0 bridgehead atoms. The lowest BCUT2D eigenvalue weighted by atomic mass is 10.4. The Morgan fingerprint density at radius 3 is 1.14 bits per heavy atom. The molecule has 2 rings (SSSR count). The van der Waals surface area contributed by atoms with Crippen molar-refractivity contribution in [2.75, 3.05) is 19.8 Å². The van der Waals surface area contributed by atoms with Crippen molar-refractivity contribution in [3.8, 4) is 0 Å². The van der Waals surface area contributed by atoms with E-state index in [2.05, 4.69) is 70.2 Å². The van der Waals surface area contributed by atoms with Gasteiger partial charge in [0.2, 0.25) is 16.6 Å². The highest BCUT2D eigenvalue weighted by Gasteiger charge is 2.52. The molecule has 0 radical (unpaired) electrons. The number of esters is 3. The van der Waals surface area contributed by atoms with Gasteiger partial charge in [-0.05, 0) is 94.7 Å². The Bertz CT molecular complexity index is 1410. The molecule has 2 atom stereocenters. The molecule has 51 heavy (non-hydrogen) atoms. The van der Waals surface area contributed by atoms with Crippen molar-refractivity contribution in [1.82, 2.24) is 0 Å². The maximum absolute atomic E-state index is 12.1. The van der Waals surface area contributed by atoms with Crippen molar-refractivity contribution < 1.29 is 40.9 Å². The Morgan fingerprint density at radius 2 is 0.824 bits per heavy atom. The predicted octanol–water partition coefficient (Wildman–Crippen LogP) is 7.30. The molecule has 280 valence electrons. The fraction of sp³-hybridized carbons (Fsp3) is 0.447.